The highest BCUT2D eigenvalue weighted by Crippen LogP contribution is 2.52. The van der Waals surface area contributed by atoms with E-state index in [9.17, 15) is 4.79 Å². The number of nitrogens with zero attached hydrogens (tertiary/aromatic N) is 5. The number of alkyl carbamates (subject to hydrolysis) is 1. The van der Waals surface area contributed by atoms with Gasteiger partial charge >= 0.3 is 6.09 Å². The topological polar surface area (TPSA) is 75.1 Å². The Kier molecular flexibility index (Phi) is 10.8. The Labute approximate surface area is 301 Å². The third-order valence-electron chi connectivity index (χ3n) is 11.2. The minimum atomic E-state index is -0.328. The molecule has 3 atom stereocenters. The molecule has 1 amide bonds. The highest BCUT2D eigenvalue weighted by Gasteiger charge is 2.53. The average Bonchev–Trinajstić information content (AvgIpc) is 3.85. The first-order valence-corrected chi connectivity index (χ1v) is 18.8. The summed E-state index contributed by atoms with van der Waals surface area (Å²) in [4.78, 5) is 22.1. The lowest BCUT2D eigenvalue weighted by molar-refractivity contribution is 0.00204. The molecule has 9 nitrogen and oxygen atoms in total. The molecule has 10 heteroatoms. The Morgan fingerprint density at radius 2 is 1.68 bits per heavy atom. The first kappa shape index (κ1) is 34.3. The maximum atomic E-state index is 12.5. The van der Waals surface area contributed by atoms with Crippen molar-refractivity contribution in [3.05, 3.63) is 109 Å². The van der Waals surface area contributed by atoms with Crippen molar-refractivity contribution in [1.82, 2.24) is 19.8 Å². The van der Waals surface area contributed by atoms with Gasteiger partial charge in [0.1, 0.15) is 11.9 Å². The predicted octanol–water partition coefficient (Wildman–Crippen LogP) is 7.27. The molecule has 3 aromatic carbocycles. The highest BCUT2D eigenvalue weighted by molar-refractivity contribution is 7.96. The molecule has 2 saturated heterocycles. The van der Waals surface area contributed by atoms with Gasteiger partial charge in [0.25, 0.3) is 0 Å². The van der Waals surface area contributed by atoms with E-state index in [1.807, 2.05) is 42.1 Å². The first-order chi connectivity index (χ1) is 24.5. The molecule has 1 aromatic heterocycles. The van der Waals surface area contributed by atoms with Crippen molar-refractivity contribution in [3.8, 4) is 5.75 Å². The number of ether oxygens (including phenoxy) is 1. The molecular weight excluding hydrogens is 645 g/mol. The number of rotatable bonds is 13. The third kappa shape index (κ3) is 7.61. The zero-order chi connectivity index (χ0) is 34.3. The standard InChI is InChI=1S/C40H50N6O3S/c1-41-39(47)48-38-15-9-14-37(38)40(29-45-25-22-42-30-45,32-10-5-3-6-11-32)33-20-23-44(24-21-33)26-31-27-46(28-31)35-16-18-36(19-17-35)49-50-43(2)34-12-7-4-8-13-34/h3-8,10-13,16-19,22,25,30-31,33,37-38H,9,14-15,20-21,23-24,26-29H2,1-2H3,(H,41,47)/t37?,38-,40?/m0/s1. The fourth-order valence-electron chi connectivity index (χ4n) is 8.76. The molecule has 264 valence electrons. The number of imidazole rings is 1. The van der Waals surface area contributed by atoms with Crippen LogP contribution >= 0.6 is 12.2 Å². The van der Waals surface area contributed by atoms with Crippen LogP contribution < -0.4 is 18.7 Å². The van der Waals surface area contributed by atoms with Gasteiger partial charge in [-0.05, 0) is 93.1 Å². The van der Waals surface area contributed by atoms with Gasteiger partial charge < -0.3 is 28.6 Å². The van der Waals surface area contributed by atoms with Gasteiger partial charge in [0.2, 0.25) is 0 Å². The monoisotopic (exact) mass is 694 g/mol. The van der Waals surface area contributed by atoms with Crippen LogP contribution in [-0.4, -0.2) is 73.5 Å². The highest BCUT2D eigenvalue weighted by atomic mass is 32.2. The van der Waals surface area contributed by atoms with Gasteiger partial charge in [-0.2, -0.15) is 0 Å². The Hall–Kier alpha value is -4.15. The largest absolute Gasteiger partial charge is 0.446 e. The molecule has 1 saturated carbocycles. The summed E-state index contributed by atoms with van der Waals surface area (Å²) in [6, 6.07) is 29.8. The lowest BCUT2D eigenvalue weighted by Gasteiger charge is -2.51. The summed E-state index contributed by atoms with van der Waals surface area (Å²) in [5, 5.41) is 2.70. The summed E-state index contributed by atoms with van der Waals surface area (Å²) in [5.74, 6) is 2.22. The molecule has 0 spiro atoms. The predicted molar refractivity (Wildman–Crippen MR) is 201 cm³/mol. The van der Waals surface area contributed by atoms with Crippen molar-refractivity contribution in [3.63, 3.8) is 0 Å². The molecule has 1 aliphatic carbocycles. The van der Waals surface area contributed by atoms with Gasteiger partial charge in [-0.1, -0.05) is 48.5 Å². The van der Waals surface area contributed by atoms with Crippen LogP contribution in [-0.2, 0) is 16.7 Å². The number of amides is 1. The van der Waals surface area contributed by atoms with Crippen molar-refractivity contribution in [1.29, 1.82) is 0 Å². The molecule has 2 aliphatic heterocycles. The van der Waals surface area contributed by atoms with Crippen LogP contribution in [0.25, 0.3) is 0 Å². The maximum absolute atomic E-state index is 12.5. The molecule has 4 aromatic rings. The lowest BCUT2D eigenvalue weighted by Crippen LogP contribution is -2.55. The lowest BCUT2D eigenvalue weighted by atomic mass is 9.58. The maximum Gasteiger partial charge on any atom is 0.407 e. The number of carbonyl (C=O) groups is 1. The molecule has 3 aliphatic rings. The summed E-state index contributed by atoms with van der Waals surface area (Å²) in [7, 11) is 3.66. The van der Waals surface area contributed by atoms with E-state index >= 15 is 0 Å². The van der Waals surface area contributed by atoms with Gasteiger partial charge in [0.05, 0.1) is 6.33 Å². The Bertz CT molecular complexity index is 1630. The van der Waals surface area contributed by atoms with Crippen molar-refractivity contribution < 1.29 is 13.7 Å². The van der Waals surface area contributed by atoms with Crippen molar-refractivity contribution in [2.45, 2.75) is 50.2 Å². The summed E-state index contributed by atoms with van der Waals surface area (Å²) >= 11 is 1.34. The van der Waals surface area contributed by atoms with E-state index in [1.54, 1.807) is 7.05 Å². The number of piperidine rings is 1. The van der Waals surface area contributed by atoms with Gasteiger partial charge in [0.15, 0.2) is 12.2 Å². The molecule has 7 rings (SSSR count). The zero-order valence-corrected chi connectivity index (χ0v) is 30.1. The fourth-order valence-corrected chi connectivity index (χ4v) is 9.27. The molecule has 1 N–H and O–H groups in total. The Morgan fingerprint density at radius 3 is 2.36 bits per heavy atom. The van der Waals surface area contributed by atoms with E-state index in [-0.39, 0.29) is 23.5 Å². The Balaban J connectivity index is 0.968. The summed E-state index contributed by atoms with van der Waals surface area (Å²) in [6.45, 7) is 6.33. The molecule has 0 bridgehead atoms. The number of likely N-dealkylation sites (tertiary alicyclic amines) is 1. The molecule has 0 radical (unpaired) electrons. The molecule has 3 fully saturated rings. The number of benzene rings is 3. The molecule has 3 heterocycles. The average molecular weight is 695 g/mol. The number of aromatic nitrogens is 2. The van der Waals surface area contributed by atoms with Crippen LogP contribution in [0.3, 0.4) is 0 Å². The van der Waals surface area contributed by atoms with Gasteiger partial charge in [-0.3, -0.25) is 4.31 Å². The Morgan fingerprint density at radius 1 is 0.960 bits per heavy atom. The molecular formula is C40H50N6O3S. The normalized spacial score (nSPS) is 21.3. The van der Waals surface area contributed by atoms with Crippen LogP contribution in [0.1, 0.15) is 37.7 Å². The van der Waals surface area contributed by atoms with E-state index in [0.29, 0.717) is 11.8 Å². The number of hydrogen-bond acceptors (Lipinski definition) is 8. The second kappa shape index (κ2) is 15.8. The van der Waals surface area contributed by atoms with Gasteiger partial charge in [0, 0.05) is 81.3 Å². The van der Waals surface area contributed by atoms with E-state index in [2.05, 4.69) is 97.6 Å². The minimum Gasteiger partial charge on any atom is -0.446 e. The zero-order valence-electron chi connectivity index (χ0n) is 29.3. The second-order valence-electron chi connectivity index (χ2n) is 14.2. The quantitative estimate of drug-likeness (QED) is 0.116. The SMILES string of the molecule is CNC(=O)O[C@H]1CCCC1C(Cn1ccnc1)(c1ccccc1)C1CCN(CC2CN(c3ccc(OSN(C)c4ccccc4)cc3)C2)CC1. The second-order valence-corrected chi connectivity index (χ2v) is 15.1. The van der Waals surface area contributed by atoms with Gasteiger partial charge in [-0.25, -0.2) is 9.78 Å². The minimum absolute atomic E-state index is 0.104. The summed E-state index contributed by atoms with van der Waals surface area (Å²) in [5.41, 5.74) is 3.55. The van der Waals surface area contributed by atoms with Crippen molar-refractivity contribution in [2.24, 2.45) is 17.8 Å². The van der Waals surface area contributed by atoms with E-state index in [4.69, 9.17) is 8.92 Å². The number of para-hydroxylation sites is 1. The summed E-state index contributed by atoms with van der Waals surface area (Å²) < 4.78 is 16.3. The van der Waals surface area contributed by atoms with Crippen LogP contribution in [0.15, 0.2) is 104 Å². The summed E-state index contributed by atoms with van der Waals surface area (Å²) in [6.07, 6.45) is 10.8. The third-order valence-corrected chi connectivity index (χ3v) is 11.9. The van der Waals surface area contributed by atoms with E-state index in [1.165, 1.54) is 23.5 Å². The van der Waals surface area contributed by atoms with Crippen molar-refractivity contribution >= 4 is 29.7 Å². The van der Waals surface area contributed by atoms with Crippen LogP contribution in [0.5, 0.6) is 5.75 Å². The fraction of sp³-hybridized carbons (Fsp3) is 0.450. The first-order valence-electron chi connectivity index (χ1n) is 18.1. The van der Waals surface area contributed by atoms with Crippen LogP contribution in [0.2, 0.25) is 0 Å². The number of anilines is 2. The van der Waals surface area contributed by atoms with E-state index < -0.39 is 0 Å². The number of nitrogens with one attached hydrogen (secondary N) is 1. The molecule has 50 heavy (non-hydrogen) atoms. The van der Waals surface area contributed by atoms with E-state index in [0.717, 1.165) is 82.8 Å². The molecule has 2 unspecified atom stereocenters. The smallest absolute Gasteiger partial charge is 0.407 e. The number of carbonyl (C=O) groups excluding carboxylic acids is 1. The number of hydrogen-bond donors (Lipinski definition) is 1. The van der Waals surface area contributed by atoms with Gasteiger partial charge in [-0.15, -0.1) is 0 Å². The van der Waals surface area contributed by atoms with Crippen LogP contribution in [0.4, 0.5) is 16.2 Å². The van der Waals surface area contributed by atoms with Crippen LogP contribution in [0, 0.1) is 17.8 Å². The van der Waals surface area contributed by atoms with Crippen molar-refractivity contribution in [2.75, 3.05) is 56.0 Å².